The second-order valence-electron chi connectivity index (χ2n) is 3.34. The minimum atomic E-state index is -0.0240. The van der Waals surface area contributed by atoms with Gasteiger partial charge in [0.15, 0.2) is 0 Å². The monoisotopic (exact) mass is 180 g/mol. The van der Waals surface area contributed by atoms with Gasteiger partial charge in [-0.15, -0.1) is 0 Å². The van der Waals surface area contributed by atoms with Crippen LogP contribution in [-0.4, -0.2) is 11.6 Å². The van der Waals surface area contributed by atoms with E-state index in [0.29, 0.717) is 6.42 Å². The van der Waals surface area contributed by atoms with Gasteiger partial charge in [0, 0.05) is 6.42 Å². The molecule has 0 aromatic carbocycles. The molecule has 0 fully saturated rings. The summed E-state index contributed by atoms with van der Waals surface area (Å²) in [6.45, 7) is 3.91. The molecule has 0 aliphatic heterocycles. The van der Waals surface area contributed by atoms with Crippen LogP contribution in [0, 0.1) is 0 Å². The molecule has 1 aliphatic rings. The van der Waals surface area contributed by atoms with Crippen molar-refractivity contribution in [2.75, 3.05) is 0 Å². The highest BCUT2D eigenvalue weighted by Crippen LogP contribution is 2.14. The maximum Gasteiger partial charge on any atom is 0.239 e. The van der Waals surface area contributed by atoms with Gasteiger partial charge >= 0.3 is 0 Å². The van der Waals surface area contributed by atoms with Crippen LogP contribution < -0.4 is 5.43 Å². The predicted octanol–water partition coefficient (Wildman–Crippen LogP) is 2.00. The van der Waals surface area contributed by atoms with Crippen molar-refractivity contribution in [2.45, 2.75) is 39.5 Å². The number of allylic oxidation sites excluding steroid dienone is 2. The van der Waals surface area contributed by atoms with Crippen LogP contribution in [0.1, 0.15) is 39.5 Å². The first-order valence-electron chi connectivity index (χ1n) is 4.75. The maximum absolute atomic E-state index is 10.9. The molecule has 0 atom stereocenters. The number of carbonyl (C=O) groups excluding carboxylic acids is 1. The zero-order valence-electron chi connectivity index (χ0n) is 8.26. The van der Waals surface area contributed by atoms with Crippen LogP contribution in [0.25, 0.3) is 0 Å². The van der Waals surface area contributed by atoms with E-state index in [9.17, 15) is 4.79 Å². The van der Waals surface area contributed by atoms with E-state index in [1.807, 2.05) is 6.92 Å². The average Bonchev–Trinajstić information content (AvgIpc) is 2.14. The Morgan fingerprint density at radius 2 is 2.38 bits per heavy atom. The lowest BCUT2D eigenvalue weighted by molar-refractivity contribution is -0.120. The normalized spacial score (nSPS) is 19.8. The quantitative estimate of drug-likeness (QED) is 0.649. The van der Waals surface area contributed by atoms with Crippen LogP contribution in [0.2, 0.25) is 0 Å². The van der Waals surface area contributed by atoms with Gasteiger partial charge in [0.05, 0.1) is 5.71 Å². The van der Waals surface area contributed by atoms with Crippen molar-refractivity contribution in [3.8, 4) is 0 Å². The fourth-order valence-electron chi connectivity index (χ4n) is 1.28. The van der Waals surface area contributed by atoms with Gasteiger partial charge in [-0.25, -0.2) is 5.43 Å². The van der Waals surface area contributed by atoms with Gasteiger partial charge in [-0.2, -0.15) is 5.10 Å². The summed E-state index contributed by atoms with van der Waals surface area (Å²) in [5, 5.41) is 4.05. The Bertz CT molecular complexity index is 254. The molecule has 0 aromatic rings. The molecular weight excluding hydrogens is 164 g/mol. The summed E-state index contributed by atoms with van der Waals surface area (Å²) in [7, 11) is 0. The Hall–Kier alpha value is -1.12. The minimum Gasteiger partial charge on any atom is -0.273 e. The highest BCUT2D eigenvalue weighted by Gasteiger charge is 2.05. The molecule has 1 N–H and O–H groups in total. The Balaban J connectivity index is 2.51. The summed E-state index contributed by atoms with van der Waals surface area (Å²) in [6.07, 6.45) is 5.81. The first-order chi connectivity index (χ1) is 6.22. The third kappa shape index (κ3) is 3.40. The average molecular weight is 180 g/mol. The Morgan fingerprint density at radius 1 is 1.62 bits per heavy atom. The van der Waals surface area contributed by atoms with Gasteiger partial charge < -0.3 is 0 Å². The molecule has 0 heterocycles. The van der Waals surface area contributed by atoms with Crippen molar-refractivity contribution in [1.29, 1.82) is 0 Å². The van der Waals surface area contributed by atoms with Crippen molar-refractivity contribution >= 4 is 11.6 Å². The topological polar surface area (TPSA) is 41.5 Å². The van der Waals surface area contributed by atoms with E-state index in [1.165, 1.54) is 5.57 Å². The van der Waals surface area contributed by atoms with Crippen molar-refractivity contribution < 1.29 is 4.79 Å². The SMILES string of the molecule is CCC(=O)N/N=C1/C=C(C)CCC1. The number of hydrogen-bond donors (Lipinski definition) is 1. The van der Waals surface area contributed by atoms with Crippen molar-refractivity contribution in [3.63, 3.8) is 0 Å². The maximum atomic E-state index is 10.9. The zero-order valence-corrected chi connectivity index (χ0v) is 8.26. The molecule has 0 bridgehead atoms. The van der Waals surface area contributed by atoms with Crippen molar-refractivity contribution in [1.82, 2.24) is 5.43 Å². The molecule has 1 amide bonds. The van der Waals surface area contributed by atoms with Crippen LogP contribution >= 0.6 is 0 Å². The molecule has 0 unspecified atom stereocenters. The van der Waals surface area contributed by atoms with Gasteiger partial charge in [0.2, 0.25) is 5.91 Å². The second kappa shape index (κ2) is 4.80. The lowest BCUT2D eigenvalue weighted by Crippen LogP contribution is -2.18. The van der Waals surface area contributed by atoms with E-state index in [0.717, 1.165) is 25.0 Å². The third-order valence-electron chi connectivity index (χ3n) is 2.06. The van der Waals surface area contributed by atoms with Gasteiger partial charge in [-0.1, -0.05) is 12.5 Å². The van der Waals surface area contributed by atoms with Crippen molar-refractivity contribution in [3.05, 3.63) is 11.6 Å². The fraction of sp³-hybridized carbons (Fsp3) is 0.600. The van der Waals surface area contributed by atoms with E-state index in [4.69, 9.17) is 0 Å². The first kappa shape index (κ1) is 9.96. The lowest BCUT2D eigenvalue weighted by Gasteiger charge is -2.10. The summed E-state index contributed by atoms with van der Waals surface area (Å²) in [4.78, 5) is 10.9. The third-order valence-corrected chi connectivity index (χ3v) is 2.06. The lowest BCUT2D eigenvalue weighted by atomic mass is 10.00. The molecule has 0 saturated heterocycles. The summed E-state index contributed by atoms with van der Waals surface area (Å²) < 4.78 is 0. The highest BCUT2D eigenvalue weighted by atomic mass is 16.2. The van der Waals surface area contributed by atoms with Crippen LogP contribution in [0.5, 0.6) is 0 Å². The molecule has 1 rings (SSSR count). The fourth-order valence-corrected chi connectivity index (χ4v) is 1.28. The van der Waals surface area contributed by atoms with Crippen LogP contribution in [0.4, 0.5) is 0 Å². The van der Waals surface area contributed by atoms with E-state index < -0.39 is 0 Å². The summed E-state index contributed by atoms with van der Waals surface area (Å²) in [6, 6.07) is 0. The number of nitrogens with one attached hydrogen (secondary N) is 1. The number of hydrazone groups is 1. The number of carbonyl (C=O) groups is 1. The summed E-state index contributed by atoms with van der Waals surface area (Å²) >= 11 is 0. The first-order valence-corrected chi connectivity index (χ1v) is 4.75. The Kier molecular flexibility index (Phi) is 3.68. The van der Waals surface area contributed by atoms with Gasteiger partial charge in [0.1, 0.15) is 0 Å². The van der Waals surface area contributed by atoms with E-state index in [2.05, 4.69) is 23.5 Å². The molecular formula is C10H16N2O. The van der Waals surface area contributed by atoms with Crippen LogP contribution in [0.15, 0.2) is 16.8 Å². The number of rotatable bonds is 2. The largest absolute Gasteiger partial charge is 0.273 e. The molecule has 0 saturated carbocycles. The molecule has 3 heteroatoms. The Morgan fingerprint density at radius 3 is 3.00 bits per heavy atom. The van der Waals surface area contributed by atoms with Gasteiger partial charge in [0.25, 0.3) is 0 Å². The molecule has 0 spiro atoms. The molecule has 3 nitrogen and oxygen atoms in total. The Labute approximate surface area is 78.9 Å². The van der Waals surface area contributed by atoms with Crippen LogP contribution in [0.3, 0.4) is 0 Å². The zero-order chi connectivity index (χ0) is 9.68. The minimum absolute atomic E-state index is 0.0240. The molecule has 0 aromatic heterocycles. The number of amides is 1. The van der Waals surface area contributed by atoms with Gasteiger partial charge in [-0.05, 0) is 32.3 Å². The molecule has 0 radical (unpaired) electrons. The van der Waals surface area contributed by atoms with E-state index in [-0.39, 0.29) is 5.91 Å². The van der Waals surface area contributed by atoms with Gasteiger partial charge in [-0.3, -0.25) is 4.79 Å². The standard InChI is InChI=1S/C10H16N2O/c1-3-10(13)12-11-9-6-4-5-8(2)7-9/h7H,3-6H2,1-2H3,(H,12,13)/b11-9+. The number of nitrogens with zero attached hydrogens (tertiary/aromatic N) is 1. The summed E-state index contributed by atoms with van der Waals surface area (Å²) in [5.41, 5.74) is 4.86. The second-order valence-corrected chi connectivity index (χ2v) is 3.34. The molecule has 1 aliphatic carbocycles. The highest BCUT2D eigenvalue weighted by molar-refractivity contribution is 5.96. The smallest absolute Gasteiger partial charge is 0.239 e. The van der Waals surface area contributed by atoms with Crippen LogP contribution in [-0.2, 0) is 4.79 Å². The predicted molar refractivity (Wildman–Crippen MR) is 53.5 cm³/mol. The van der Waals surface area contributed by atoms with Crippen molar-refractivity contribution in [2.24, 2.45) is 5.10 Å². The summed E-state index contributed by atoms with van der Waals surface area (Å²) in [5.74, 6) is -0.0240. The van der Waals surface area contributed by atoms with E-state index >= 15 is 0 Å². The number of hydrogen-bond acceptors (Lipinski definition) is 2. The molecule has 72 valence electrons. The molecule has 13 heavy (non-hydrogen) atoms. The van der Waals surface area contributed by atoms with E-state index in [1.54, 1.807) is 0 Å².